The number of nitro groups is 1. The highest BCUT2D eigenvalue weighted by atomic mass is 16.7. The topological polar surface area (TPSA) is 198 Å². The third kappa shape index (κ3) is 12.2. The van der Waals surface area contributed by atoms with Crippen LogP contribution in [0.1, 0.15) is 58.7 Å². The molecule has 0 bridgehead atoms. The molecule has 0 radical (unpaired) electrons. The zero-order valence-corrected chi connectivity index (χ0v) is 35.0. The number of nitrogens with zero attached hydrogens (tertiary/aromatic N) is 1. The van der Waals surface area contributed by atoms with E-state index in [1.165, 1.54) is 24.3 Å². The Morgan fingerprint density at radius 1 is 0.734 bits per heavy atom. The van der Waals surface area contributed by atoms with Gasteiger partial charge in [0.25, 0.3) is 5.69 Å². The molecule has 64 heavy (non-hydrogen) atoms. The van der Waals surface area contributed by atoms with Crippen LogP contribution in [-0.2, 0) is 26.5 Å². The largest absolute Gasteiger partial charge is 0.514 e. The van der Waals surface area contributed by atoms with Gasteiger partial charge in [0.2, 0.25) is 0 Å². The number of aldehydes is 2. The van der Waals surface area contributed by atoms with Gasteiger partial charge in [-0.05, 0) is 78.3 Å². The van der Waals surface area contributed by atoms with Crippen LogP contribution in [0.2, 0.25) is 0 Å². The first-order valence-electron chi connectivity index (χ1n) is 20.7. The lowest BCUT2D eigenvalue weighted by Gasteiger charge is -2.41. The number of nitro benzene ring substituents is 1. The van der Waals surface area contributed by atoms with Gasteiger partial charge >= 0.3 is 12.2 Å². The first-order chi connectivity index (χ1) is 31.1. The molecule has 6 rings (SSSR count). The molecule has 0 heterocycles. The van der Waals surface area contributed by atoms with Crippen molar-refractivity contribution in [2.45, 2.75) is 62.6 Å². The van der Waals surface area contributed by atoms with Gasteiger partial charge in [0.1, 0.15) is 31.0 Å². The summed E-state index contributed by atoms with van der Waals surface area (Å²) in [6.07, 6.45) is -0.0996. The van der Waals surface area contributed by atoms with Gasteiger partial charge in [-0.2, -0.15) is 0 Å². The van der Waals surface area contributed by atoms with Crippen LogP contribution in [0.5, 0.6) is 5.75 Å². The molecule has 14 heteroatoms. The van der Waals surface area contributed by atoms with Crippen molar-refractivity contribution >= 4 is 36.2 Å². The van der Waals surface area contributed by atoms with Crippen LogP contribution in [-0.4, -0.2) is 53.1 Å². The first-order valence-corrected chi connectivity index (χ1v) is 20.7. The van der Waals surface area contributed by atoms with Crippen molar-refractivity contribution in [3.63, 3.8) is 0 Å². The number of rotatable bonds is 22. The van der Waals surface area contributed by atoms with Gasteiger partial charge in [-0.3, -0.25) is 20.7 Å². The highest BCUT2D eigenvalue weighted by Gasteiger charge is 2.38. The van der Waals surface area contributed by atoms with Crippen molar-refractivity contribution in [1.29, 1.82) is 0 Å². The Labute approximate surface area is 370 Å². The molecule has 0 aliphatic heterocycles. The number of hydrogen-bond acceptors (Lipinski definition) is 11. The van der Waals surface area contributed by atoms with Gasteiger partial charge in [-0.1, -0.05) is 133 Å². The molecule has 6 aromatic rings. The zero-order valence-electron chi connectivity index (χ0n) is 35.0. The van der Waals surface area contributed by atoms with Crippen molar-refractivity contribution in [2.75, 3.05) is 5.32 Å². The Morgan fingerprint density at radius 3 is 1.86 bits per heavy atom. The van der Waals surface area contributed by atoms with Crippen LogP contribution in [0.3, 0.4) is 0 Å². The number of carbonyl (C=O) groups is 4. The molecule has 0 aliphatic rings. The summed E-state index contributed by atoms with van der Waals surface area (Å²) in [7, 11) is 0. The van der Waals surface area contributed by atoms with Gasteiger partial charge in [-0.15, -0.1) is 0 Å². The summed E-state index contributed by atoms with van der Waals surface area (Å²) in [6.45, 7) is 1.95. The van der Waals surface area contributed by atoms with E-state index in [1.54, 1.807) is 24.3 Å². The third-order valence-corrected chi connectivity index (χ3v) is 10.7. The second-order valence-corrected chi connectivity index (χ2v) is 15.1. The SMILES string of the molecule is Cc1ccc(C(NC(CCC[C@@H](C=O)NC(c2ccccc2)C(C=O)NC(=O)O)Nc2ccc(COC(=O)Oc3ccc([N+](=O)[O-])cc3)cc2)(c2ccccc2)c2ccccc2)cc1. The molecule has 0 spiro atoms. The number of nitrogens with one attached hydrogen (secondary N) is 4. The third-order valence-electron chi connectivity index (χ3n) is 10.7. The standard InChI is InChI=1S/C50H49N5O9/c1-35-20-24-40(25-21-35)50(38-14-7-3-8-15-38,39-16-9-4-10-17-39)54-46(19-11-18-42(32-56)52-47(37-12-5-2-6-13-37)45(33-57)53-48(58)59)51-41-26-22-36(23-27-41)34-63-49(60)64-44-30-28-43(29-31-44)55(61)62/h2-10,12-17,20-33,42,45-47,51-54H,11,18-19,34H2,1H3,(H,58,59)/t42-,45?,46?,47?/m0/s1. The molecular weight excluding hydrogens is 815 g/mol. The number of anilines is 1. The van der Waals surface area contributed by atoms with E-state index in [0.717, 1.165) is 34.2 Å². The molecule has 0 saturated carbocycles. The minimum Gasteiger partial charge on any atom is -0.465 e. The van der Waals surface area contributed by atoms with Crippen molar-refractivity contribution in [3.8, 4) is 5.75 Å². The van der Waals surface area contributed by atoms with E-state index < -0.39 is 47.0 Å². The number of ether oxygens (including phenoxy) is 2. The first kappa shape index (κ1) is 45.8. The molecule has 0 fully saturated rings. The summed E-state index contributed by atoms with van der Waals surface area (Å²) < 4.78 is 10.5. The van der Waals surface area contributed by atoms with E-state index in [9.17, 15) is 34.4 Å². The number of carbonyl (C=O) groups excluding carboxylic acids is 3. The van der Waals surface area contributed by atoms with Gasteiger partial charge in [0.15, 0.2) is 0 Å². The van der Waals surface area contributed by atoms with Crippen LogP contribution < -0.4 is 26.0 Å². The Hall–Kier alpha value is -7.68. The molecule has 4 atom stereocenters. The summed E-state index contributed by atoms with van der Waals surface area (Å²) >= 11 is 0. The van der Waals surface area contributed by atoms with E-state index in [0.29, 0.717) is 36.7 Å². The van der Waals surface area contributed by atoms with Gasteiger partial charge < -0.3 is 34.8 Å². The molecular formula is C50H49N5O9. The number of aryl methyl sites for hydroxylation is 1. The van der Waals surface area contributed by atoms with E-state index >= 15 is 0 Å². The fraction of sp³-hybridized carbons (Fsp3) is 0.200. The Bertz CT molecular complexity index is 2400. The molecule has 1 amide bonds. The fourth-order valence-corrected chi connectivity index (χ4v) is 7.54. The van der Waals surface area contributed by atoms with Gasteiger partial charge in [0, 0.05) is 17.8 Å². The van der Waals surface area contributed by atoms with Crippen LogP contribution in [0, 0.1) is 17.0 Å². The Kier molecular flexibility index (Phi) is 16.1. The molecule has 3 unspecified atom stereocenters. The second kappa shape index (κ2) is 22.4. The van der Waals surface area contributed by atoms with Crippen LogP contribution in [0.4, 0.5) is 21.0 Å². The van der Waals surface area contributed by atoms with Gasteiger partial charge in [-0.25, -0.2) is 9.59 Å². The molecule has 0 saturated heterocycles. The van der Waals surface area contributed by atoms with E-state index in [1.807, 2.05) is 73.7 Å². The lowest BCUT2D eigenvalue weighted by Crippen LogP contribution is -2.52. The van der Waals surface area contributed by atoms with Crippen molar-refractivity contribution in [1.82, 2.24) is 16.0 Å². The predicted molar refractivity (Wildman–Crippen MR) is 242 cm³/mol. The molecule has 14 nitrogen and oxygen atoms in total. The monoisotopic (exact) mass is 863 g/mol. The number of non-ortho nitro benzene ring substituents is 1. The van der Waals surface area contributed by atoms with Crippen molar-refractivity contribution in [2.24, 2.45) is 0 Å². The molecule has 0 aliphatic carbocycles. The minimum atomic E-state index is -1.36. The number of carboxylic acid groups (broad SMARTS) is 1. The molecule has 6 aromatic carbocycles. The average molecular weight is 864 g/mol. The predicted octanol–water partition coefficient (Wildman–Crippen LogP) is 8.84. The lowest BCUT2D eigenvalue weighted by atomic mass is 9.76. The number of hydrogen-bond donors (Lipinski definition) is 5. The van der Waals surface area contributed by atoms with Gasteiger partial charge in [0.05, 0.1) is 28.7 Å². The normalized spacial score (nSPS) is 13.0. The van der Waals surface area contributed by atoms with Crippen molar-refractivity contribution in [3.05, 3.63) is 207 Å². The molecule has 5 N–H and O–H groups in total. The zero-order chi connectivity index (χ0) is 45.3. The Morgan fingerprint density at radius 2 is 1.31 bits per heavy atom. The second-order valence-electron chi connectivity index (χ2n) is 15.1. The maximum absolute atomic E-state index is 12.7. The van der Waals surface area contributed by atoms with E-state index in [2.05, 4.69) is 69.8 Å². The summed E-state index contributed by atoms with van der Waals surface area (Å²) in [4.78, 5) is 59.3. The molecule has 0 aromatic heterocycles. The van der Waals surface area contributed by atoms with E-state index in [4.69, 9.17) is 9.47 Å². The fourth-order valence-electron chi connectivity index (χ4n) is 7.54. The van der Waals surface area contributed by atoms with Crippen LogP contribution >= 0.6 is 0 Å². The summed E-state index contributed by atoms with van der Waals surface area (Å²) in [5.41, 5.74) is 5.16. The van der Waals surface area contributed by atoms with Crippen LogP contribution in [0.25, 0.3) is 0 Å². The highest BCUT2D eigenvalue weighted by molar-refractivity contribution is 5.72. The average Bonchev–Trinajstić information content (AvgIpc) is 3.32. The maximum Gasteiger partial charge on any atom is 0.514 e. The van der Waals surface area contributed by atoms with E-state index in [-0.39, 0.29) is 18.0 Å². The Balaban J connectivity index is 1.26. The maximum atomic E-state index is 12.7. The molecule has 328 valence electrons. The minimum absolute atomic E-state index is 0.0939. The summed E-state index contributed by atoms with van der Waals surface area (Å²) in [6, 6.07) is 47.3. The summed E-state index contributed by atoms with van der Waals surface area (Å²) in [5.74, 6) is 0.105. The smallest absolute Gasteiger partial charge is 0.465 e. The summed E-state index contributed by atoms with van der Waals surface area (Å²) in [5, 5.41) is 33.7. The van der Waals surface area contributed by atoms with Crippen LogP contribution in [0.15, 0.2) is 164 Å². The quantitative estimate of drug-likeness (QED) is 0.00828. The number of amides is 1. The number of benzene rings is 6. The van der Waals surface area contributed by atoms with Crippen molar-refractivity contribution < 1.29 is 38.7 Å². The lowest BCUT2D eigenvalue weighted by molar-refractivity contribution is -0.384. The highest BCUT2D eigenvalue weighted by Crippen LogP contribution is 2.38.